The number of hydrogen-bond donors (Lipinski definition) is 1. The smallest absolute Gasteiger partial charge is 0.342 e. The first-order chi connectivity index (χ1) is 23.3. The Balaban J connectivity index is 0.000000284. The van der Waals surface area contributed by atoms with E-state index in [9.17, 15) is 14.7 Å². The van der Waals surface area contributed by atoms with Gasteiger partial charge in [0.15, 0.2) is 34.5 Å². The molecule has 0 bridgehead atoms. The molecule has 4 aromatic carbocycles. The molecule has 13 heteroatoms. The minimum absolute atomic E-state index is 0.0816. The first-order valence-electron chi connectivity index (χ1n) is 14.5. The quantitative estimate of drug-likeness (QED) is 0.159. The number of fused-ring (bicyclic) bond motifs is 2. The zero-order chi connectivity index (χ0) is 33.8. The van der Waals surface area contributed by atoms with E-state index in [-0.39, 0.29) is 18.8 Å². The summed E-state index contributed by atoms with van der Waals surface area (Å²) in [5.74, 6) is 0.643. The largest absolute Gasteiger partial charge is 0.493 e. The van der Waals surface area contributed by atoms with E-state index in [1.807, 2.05) is 6.07 Å². The van der Waals surface area contributed by atoms with Gasteiger partial charge in [0, 0.05) is 23.1 Å². The van der Waals surface area contributed by atoms with Crippen molar-refractivity contribution < 1.29 is 47.9 Å². The van der Waals surface area contributed by atoms with E-state index in [0.29, 0.717) is 62.3 Å². The van der Waals surface area contributed by atoms with Crippen LogP contribution in [0.2, 0.25) is 0 Å². The molecule has 1 atom stereocenters. The highest BCUT2D eigenvalue weighted by molar-refractivity contribution is 7.00. The Morgan fingerprint density at radius 2 is 1.48 bits per heavy atom. The normalized spacial score (nSPS) is 16.2. The highest BCUT2D eigenvalue weighted by atomic mass is 32.1. The van der Waals surface area contributed by atoms with Gasteiger partial charge < -0.3 is 38.3 Å². The van der Waals surface area contributed by atoms with Gasteiger partial charge in [0.2, 0.25) is 6.79 Å². The summed E-state index contributed by atoms with van der Waals surface area (Å²) in [7, 11) is 6.20. The predicted octanol–water partition coefficient (Wildman–Crippen LogP) is 5.35. The Kier molecular flexibility index (Phi) is 9.15. The number of methoxy groups -OCH3 is 4. The van der Waals surface area contributed by atoms with Crippen LogP contribution in [0.4, 0.5) is 0 Å². The van der Waals surface area contributed by atoms with Gasteiger partial charge in [-0.1, -0.05) is 12.1 Å². The van der Waals surface area contributed by atoms with E-state index in [1.165, 1.54) is 7.11 Å². The number of benzene rings is 4. The van der Waals surface area contributed by atoms with E-state index < -0.39 is 11.8 Å². The van der Waals surface area contributed by atoms with Crippen LogP contribution in [0.5, 0.6) is 34.5 Å². The molecule has 12 nitrogen and oxygen atoms in total. The third-order valence-corrected chi connectivity index (χ3v) is 8.39. The lowest BCUT2D eigenvalue weighted by Crippen LogP contribution is -2.29. The van der Waals surface area contributed by atoms with Crippen LogP contribution >= 0.6 is 11.7 Å². The number of aliphatic hydroxyl groups is 1. The number of cyclic esters (lactones) is 1. The standard InChI is InChI=1S/C26H20N2O7S.C9H10O3/c1-31-20-7-3-14(10-22(20)32-2)9-17-24(15-4-6-18-19(11-15)28-36-27-18)25(29)35-26(17,30)16-5-8-21-23(12-16)34-13-33-21;1-11-8-4-3-7(6-10)5-9(8)12-2/h3-8,10-12,30H,9,13H2,1-2H3;3-6H,1-2H3. The maximum atomic E-state index is 13.3. The molecular weight excluding hydrogens is 640 g/mol. The van der Waals surface area contributed by atoms with Crippen LogP contribution in [0.1, 0.15) is 27.0 Å². The summed E-state index contributed by atoms with van der Waals surface area (Å²) in [6, 6.07) is 20.7. The number of carbonyl (C=O) groups is 2. The fourth-order valence-corrected chi connectivity index (χ4v) is 5.96. The maximum absolute atomic E-state index is 13.3. The first kappa shape index (κ1) is 32.3. The number of carbonyl (C=O) groups excluding carboxylic acids is 2. The van der Waals surface area contributed by atoms with E-state index in [4.69, 9.17) is 33.2 Å². The summed E-state index contributed by atoms with van der Waals surface area (Å²) in [5.41, 5.74) is 4.31. The van der Waals surface area contributed by atoms with Crippen molar-refractivity contribution >= 4 is 40.6 Å². The fourth-order valence-electron chi connectivity index (χ4n) is 5.44. The van der Waals surface area contributed by atoms with Crippen molar-refractivity contribution in [1.82, 2.24) is 8.75 Å². The predicted molar refractivity (Wildman–Crippen MR) is 175 cm³/mol. The minimum atomic E-state index is -2.03. The van der Waals surface area contributed by atoms with Crippen molar-refractivity contribution in [3.63, 3.8) is 0 Å². The summed E-state index contributed by atoms with van der Waals surface area (Å²) in [5, 5.41) is 11.9. The zero-order valence-electron chi connectivity index (χ0n) is 26.3. The van der Waals surface area contributed by atoms with Gasteiger partial charge in [0.05, 0.1) is 45.7 Å². The molecule has 1 aromatic heterocycles. The van der Waals surface area contributed by atoms with E-state index in [0.717, 1.165) is 29.1 Å². The van der Waals surface area contributed by atoms with Crippen LogP contribution in [0, 0.1) is 0 Å². The van der Waals surface area contributed by atoms with Gasteiger partial charge in [-0.25, -0.2) is 4.79 Å². The number of ether oxygens (including phenoxy) is 7. The van der Waals surface area contributed by atoms with Crippen molar-refractivity contribution in [3.8, 4) is 34.5 Å². The van der Waals surface area contributed by atoms with Gasteiger partial charge in [0.25, 0.3) is 5.79 Å². The molecule has 246 valence electrons. The fraction of sp³-hybridized carbons (Fsp3) is 0.200. The number of aldehydes is 1. The van der Waals surface area contributed by atoms with Crippen molar-refractivity contribution in [2.75, 3.05) is 35.2 Å². The van der Waals surface area contributed by atoms with Crippen LogP contribution in [-0.2, 0) is 21.7 Å². The first-order valence-corrected chi connectivity index (χ1v) is 15.2. The molecular formula is C35H30N2O10S. The minimum Gasteiger partial charge on any atom is -0.493 e. The average Bonchev–Trinajstić information content (AvgIpc) is 3.85. The van der Waals surface area contributed by atoms with Crippen molar-refractivity contribution in [2.45, 2.75) is 12.2 Å². The van der Waals surface area contributed by atoms with Crippen LogP contribution in [0.3, 0.4) is 0 Å². The highest BCUT2D eigenvalue weighted by Crippen LogP contribution is 2.47. The Morgan fingerprint density at radius 1 is 0.792 bits per heavy atom. The van der Waals surface area contributed by atoms with Crippen LogP contribution in [0.15, 0.2) is 78.4 Å². The topological polar surface area (TPSA) is 145 Å². The molecule has 1 unspecified atom stereocenters. The second-order valence-electron chi connectivity index (χ2n) is 10.5. The average molecular weight is 671 g/mol. The summed E-state index contributed by atoms with van der Waals surface area (Å²) < 4.78 is 45.9. The molecule has 0 amide bonds. The molecule has 1 N–H and O–H groups in total. The zero-order valence-corrected chi connectivity index (χ0v) is 27.2. The Labute approximate surface area is 279 Å². The van der Waals surface area contributed by atoms with Crippen LogP contribution in [-0.4, -0.2) is 61.3 Å². The van der Waals surface area contributed by atoms with E-state index in [2.05, 4.69) is 8.75 Å². The molecule has 0 radical (unpaired) electrons. The van der Waals surface area contributed by atoms with E-state index in [1.54, 1.807) is 88.1 Å². The molecule has 5 aromatic rings. The molecule has 2 aliphatic heterocycles. The summed E-state index contributed by atoms with van der Waals surface area (Å²) >= 11 is 1.09. The van der Waals surface area contributed by atoms with Crippen LogP contribution < -0.4 is 28.4 Å². The number of esters is 1. The third-order valence-electron chi connectivity index (χ3n) is 7.83. The van der Waals surface area contributed by atoms with E-state index >= 15 is 0 Å². The molecule has 0 fully saturated rings. The van der Waals surface area contributed by atoms with Crippen molar-refractivity contribution in [2.24, 2.45) is 0 Å². The van der Waals surface area contributed by atoms with Crippen LogP contribution in [0.25, 0.3) is 16.6 Å². The summed E-state index contributed by atoms with van der Waals surface area (Å²) in [4.78, 5) is 23.7. The molecule has 7 rings (SSSR count). The van der Waals surface area contributed by atoms with Crippen molar-refractivity contribution in [1.29, 1.82) is 0 Å². The maximum Gasteiger partial charge on any atom is 0.342 e. The summed E-state index contributed by atoms with van der Waals surface area (Å²) in [6.45, 7) is 0.0816. The second-order valence-corrected chi connectivity index (χ2v) is 11.0. The monoisotopic (exact) mass is 670 g/mol. The lowest BCUT2D eigenvalue weighted by atomic mass is 9.87. The molecule has 0 saturated carbocycles. The Morgan fingerprint density at radius 3 is 2.21 bits per heavy atom. The SMILES string of the molecule is COc1ccc(C=O)cc1OC.COc1ccc(CC2=C(c3ccc4nsnc4c3)C(=O)OC2(O)c2ccc3c(c2)OCO3)cc1OC. The highest BCUT2D eigenvalue weighted by Gasteiger charge is 2.48. The number of nitrogens with zero attached hydrogens (tertiary/aromatic N) is 2. The van der Waals surface area contributed by atoms with Gasteiger partial charge in [-0.2, -0.15) is 8.75 Å². The molecule has 0 saturated heterocycles. The third kappa shape index (κ3) is 6.08. The summed E-state index contributed by atoms with van der Waals surface area (Å²) in [6.07, 6.45) is 0.960. The van der Waals surface area contributed by atoms with Gasteiger partial charge in [-0.15, -0.1) is 0 Å². The molecule has 0 aliphatic carbocycles. The molecule has 0 spiro atoms. The number of hydrogen-bond acceptors (Lipinski definition) is 13. The Bertz CT molecular complexity index is 2040. The molecule has 48 heavy (non-hydrogen) atoms. The second kappa shape index (κ2) is 13.6. The van der Waals surface area contributed by atoms with Gasteiger partial charge in [-0.3, -0.25) is 4.79 Å². The number of rotatable bonds is 9. The molecule has 3 heterocycles. The Hall–Kier alpha value is -5.66. The van der Waals surface area contributed by atoms with Gasteiger partial charge in [0.1, 0.15) is 17.3 Å². The molecule has 2 aliphatic rings. The lowest BCUT2D eigenvalue weighted by Gasteiger charge is -2.26. The lowest BCUT2D eigenvalue weighted by molar-refractivity contribution is -0.185. The number of aromatic nitrogens is 2. The van der Waals surface area contributed by atoms with Gasteiger partial charge in [-0.05, 0) is 71.8 Å². The van der Waals surface area contributed by atoms with Crippen molar-refractivity contribution in [3.05, 3.63) is 101 Å². The van der Waals surface area contributed by atoms with Gasteiger partial charge >= 0.3 is 5.97 Å².